The van der Waals surface area contributed by atoms with E-state index in [9.17, 15) is 17.6 Å². The number of carbonyl (C=O) groups excluding carboxylic acids is 1. The van der Waals surface area contributed by atoms with Gasteiger partial charge in [-0.1, -0.05) is 32.1 Å². The number of sulfone groups is 1. The summed E-state index contributed by atoms with van der Waals surface area (Å²) in [6, 6.07) is 5.14. The standard InChI is InChI=1S/C19H24FNO3S/c20-16-7-9-17(10-8-16)21(18-12-13-25(23,24)14-18)19(22)11-6-15-4-2-1-3-5-15/h7-10,12-13,15,18H,1-6,11,14H2/t18-/m0/s1. The number of hydrogen-bond acceptors (Lipinski definition) is 3. The van der Waals surface area contributed by atoms with E-state index in [-0.39, 0.29) is 17.5 Å². The first-order valence-electron chi connectivity index (χ1n) is 8.93. The Balaban J connectivity index is 1.74. The molecule has 1 amide bonds. The summed E-state index contributed by atoms with van der Waals surface area (Å²) in [5, 5.41) is 1.17. The lowest BCUT2D eigenvalue weighted by Crippen LogP contribution is -2.41. The molecule has 0 unspecified atom stereocenters. The molecule has 136 valence electrons. The summed E-state index contributed by atoms with van der Waals surface area (Å²) in [4.78, 5) is 14.4. The largest absolute Gasteiger partial charge is 0.304 e. The van der Waals surface area contributed by atoms with Gasteiger partial charge < -0.3 is 4.90 Å². The van der Waals surface area contributed by atoms with Crippen LogP contribution in [0.15, 0.2) is 35.7 Å². The minimum atomic E-state index is -3.27. The van der Waals surface area contributed by atoms with Crippen molar-refractivity contribution in [3.8, 4) is 0 Å². The Hall–Kier alpha value is -1.69. The Morgan fingerprint density at radius 2 is 1.80 bits per heavy atom. The maximum Gasteiger partial charge on any atom is 0.227 e. The predicted octanol–water partition coefficient (Wildman–Crippen LogP) is 3.83. The molecule has 6 heteroatoms. The molecular weight excluding hydrogens is 341 g/mol. The molecule has 0 N–H and O–H groups in total. The average molecular weight is 365 g/mol. The number of nitrogens with zero attached hydrogens (tertiary/aromatic N) is 1. The van der Waals surface area contributed by atoms with Crippen LogP contribution in [-0.2, 0) is 14.6 Å². The lowest BCUT2D eigenvalue weighted by molar-refractivity contribution is -0.119. The van der Waals surface area contributed by atoms with Gasteiger partial charge in [-0.2, -0.15) is 0 Å². The van der Waals surface area contributed by atoms with E-state index < -0.39 is 15.9 Å². The first-order valence-corrected chi connectivity index (χ1v) is 10.6. The minimum Gasteiger partial charge on any atom is -0.304 e. The number of hydrogen-bond donors (Lipinski definition) is 0. The van der Waals surface area contributed by atoms with Crippen molar-refractivity contribution in [1.82, 2.24) is 0 Å². The van der Waals surface area contributed by atoms with E-state index in [1.165, 1.54) is 66.7 Å². The van der Waals surface area contributed by atoms with Crippen LogP contribution in [0.4, 0.5) is 10.1 Å². The van der Waals surface area contributed by atoms with Gasteiger partial charge in [0, 0.05) is 17.5 Å². The molecule has 0 saturated heterocycles. The summed E-state index contributed by atoms with van der Waals surface area (Å²) in [6.45, 7) is 0. The third-order valence-corrected chi connectivity index (χ3v) is 6.49. The number of carbonyl (C=O) groups is 1. The molecule has 1 aliphatic carbocycles. The van der Waals surface area contributed by atoms with Gasteiger partial charge in [-0.05, 0) is 42.7 Å². The van der Waals surface area contributed by atoms with Crippen LogP contribution in [0.1, 0.15) is 44.9 Å². The molecule has 3 rings (SSSR count). The maximum absolute atomic E-state index is 13.2. The molecule has 0 bridgehead atoms. The van der Waals surface area contributed by atoms with Gasteiger partial charge in [0.15, 0.2) is 9.84 Å². The summed E-state index contributed by atoms with van der Waals surface area (Å²) >= 11 is 0. The Morgan fingerprint density at radius 1 is 1.12 bits per heavy atom. The van der Waals surface area contributed by atoms with Crippen molar-refractivity contribution in [1.29, 1.82) is 0 Å². The van der Waals surface area contributed by atoms with Gasteiger partial charge in [0.1, 0.15) is 5.82 Å². The highest BCUT2D eigenvalue weighted by Crippen LogP contribution is 2.29. The monoisotopic (exact) mass is 365 g/mol. The molecule has 1 saturated carbocycles. The summed E-state index contributed by atoms with van der Waals surface area (Å²) < 4.78 is 36.8. The van der Waals surface area contributed by atoms with Crippen LogP contribution in [0.25, 0.3) is 0 Å². The second-order valence-corrected chi connectivity index (χ2v) is 8.94. The van der Waals surface area contributed by atoms with Gasteiger partial charge >= 0.3 is 0 Å². The number of halogens is 1. The van der Waals surface area contributed by atoms with E-state index >= 15 is 0 Å². The molecule has 1 atom stereocenters. The molecule has 1 aromatic carbocycles. The molecule has 0 spiro atoms. The van der Waals surface area contributed by atoms with Crippen molar-refractivity contribution in [2.24, 2.45) is 5.92 Å². The van der Waals surface area contributed by atoms with Crippen LogP contribution < -0.4 is 4.90 Å². The van der Waals surface area contributed by atoms with E-state index in [1.807, 2.05) is 0 Å². The summed E-state index contributed by atoms with van der Waals surface area (Å²) in [5.41, 5.74) is 0.543. The molecule has 4 nitrogen and oxygen atoms in total. The highest BCUT2D eigenvalue weighted by atomic mass is 32.2. The first-order chi connectivity index (χ1) is 11.9. The molecular formula is C19H24FNO3S. The Kier molecular flexibility index (Phi) is 5.57. The second-order valence-electron chi connectivity index (χ2n) is 7.01. The van der Waals surface area contributed by atoms with Gasteiger partial charge in [-0.3, -0.25) is 4.79 Å². The lowest BCUT2D eigenvalue weighted by atomic mass is 9.86. The minimum absolute atomic E-state index is 0.0936. The fraction of sp³-hybridized carbons (Fsp3) is 0.526. The third kappa shape index (κ3) is 4.69. The fourth-order valence-corrected chi connectivity index (χ4v) is 5.03. The molecule has 0 radical (unpaired) electrons. The number of benzene rings is 1. The van der Waals surface area contributed by atoms with Crippen molar-refractivity contribution in [2.45, 2.75) is 51.0 Å². The van der Waals surface area contributed by atoms with Gasteiger partial charge in [-0.25, -0.2) is 12.8 Å². The predicted molar refractivity (Wildman–Crippen MR) is 96.4 cm³/mol. The topological polar surface area (TPSA) is 54.5 Å². The van der Waals surface area contributed by atoms with Gasteiger partial charge in [0.2, 0.25) is 5.91 Å². The van der Waals surface area contributed by atoms with Crippen LogP contribution in [-0.4, -0.2) is 26.1 Å². The highest BCUT2D eigenvalue weighted by Gasteiger charge is 2.31. The van der Waals surface area contributed by atoms with Gasteiger partial charge in [0.05, 0.1) is 11.8 Å². The van der Waals surface area contributed by atoms with Crippen molar-refractivity contribution in [3.05, 3.63) is 41.6 Å². The lowest BCUT2D eigenvalue weighted by Gasteiger charge is -2.29. The van der Waals surface area contributed by atoms with Crippen LogP contribution >= 0.6 is 0 Å². The van der Waals surface area contributed by atoms with Crippen molar-refractivity contribution < 1.29 is 17.6 Å². The van der Waals surface area contributed by atoms with Crippen molar-refractivity contribution in [2.75, 3.05) is 10.7 Å². The molecule has 2 aliphatic rings. The zero-order valence-electron chi connectivity index (χ0n) is 14.2. The Morgan fingerprint density at radius 3 is 2.40 bits per heavy atom. The molecule has 25 heavy (non-hydrogen) atoms. The second kappa shape index (κ2) is 7.68. The van der Waals surface area contributed by atoms with E-state index in [2.05, 4.69) is 0 Å². The first kappa shape index (κ1) is 18.1. The van der Waals surface area contributed by atoms with E-state index in [1.54, 1.807) is 6.08 Å². The number of anilines is 1. The quantitative estimate of drug-likeness (QED) is 0.797. The average Bonchev–Trinajstić information content (AvgIpc) is 2.95. The fourth-order valence-electron chi connectivity index (χ4n) is 3.77. The summed E-state index contributed by atoms with van der Waals surface area (Å²) in [5.74, 6) is -0.00740. The molecule has 1 aromatic rings. The zero-order chi connectivity index (χ0) is 17.9. The summed E-state index contributed by atoms with van der Waals surface area (Å²) in [7, 11) is -3.27. The molecule has 0 aromatic heterocycles. The van der Waals surface area contributed by atoms with Crippen LogP contribution in [0.3, 0.4) is 0 Å². The van der Waals surface area contributed by atoms with Crippen molar-refractivity contribution >= 4 is 21.4 Å². The number of rotatable bonds is 5. The number of amides is 1. The van der Waals surface area contributed by atoms with Crippen molar-refractivity contribution in [3.63, 3.8) is 0 Å². The van der Waals surface area contributed by atoms with Crippen LogP contribution in [0.5, 0.6) is 0 Å². The van der Waals surface area contributed by atoms with Crippen LogP contribution in [0.2, 0.25) is 0 Å². The summed E-state index contributed by atoms with van der Waals surface area (Å²) in [6.07, 6.45) is 8.84. The molecule has 1 fully saturated rings. The van der Waals surface area contributed by atoms with Crippen LogP contribution in [0, 0.1) is 11.7 Å². The van der Waals surface area contributed by atoms with E-state index in [0.29, 0.717) is 18.0 Å². The smallest absolute Gasteiger partial charge is 0.227 e. The Bertz CT molecular complexity index is 736. The Labute approximate surface area is 148 Å². The highest BCUT2D eigenvalue weighted by molar-refractivity contribution is 7.94. The molecule has 1 heterocycles. The zero-order valence-corrected chi connectivity index (χ0v) is 15.1. The van der Waals surface area contributed by atoms with E-state index in [4.69, 9.17) is 0 Å². The molecule has 1 aliphatic heterocycles. The van der Waals surface area contributed by atoms with Gasteiger partial charge in [-0.15, -0.1) is 0 Å². The van der Waals surface area contributed by atoms with E-state index in [0.717, 1.165) is 6.42 Å². The van der Waals surface area contributed by atoms with Gasteiger partial charge in [0.25, 0.3) is 0 Å². The normalized spacial score (nSPS) is 22.8. The SMILES string of the molecule is O=C(CCC1CCCCC1)N(c1ccc(F)cc1)[C@H]1C=CS(=O)(=O)C1. The third-order valence-electron chi connectivity index (χ3n) is 5.11. The maximum atomic E-state index is 13.2.